The van der Waals surface area contributed by atoms with Gasteiger partial charge in [-0.3, -0.25) is 9.05 Å². The standard InChI is InChI=1S/C9H14F5O4P/c1-6(2)7(3,18-19(15,16)17-6)4-5-8(10,11)9(12,13)14/h4-5H2,1-3H3,(H,15,16). The van der Waals surface area contributed by atoms with Crippen molar-refractivity contribution in [2.24, 2.45) is 0 Å². The zero-order valence-electron chi connectivity index (χ0n) is 10.4. The second-order valence-electron chi connectivity index (χ2n) is 5.09. The van der Waals surface area contributed by atoms with Crippen LogP contribution in [0.15, 0.2) is 0 Å². The molecule has 1 aliphatic heterocycles. The molecular formula is C9H14F5O4P. The molecule has 0 aromatic rings. The van der Waals surface area contributed by atoms with Crippen LogP contribution in [0, 0.1) is 0 Å². The molecule has 1 N–H and O–H groups in total. The SMILES string of the molecule is CC1(C)OP(=O)(O)OC1(C)CCC(F)(F)C(F)(F)F. The van der Waals surface area contributed by atoms with E-state index in [1.807, 2.05) is 0 Å². The van der Waals surface area contributed by atoms with E-state index >= 15 is 0 Å². The summed E-state index contributed by atoms with van der Waals surface area (Å²) in [5.74, 6) is -4.89. The quantitative estimate of drug-likeness (QED) is 0.638. The fourth-order valence-electron chi connectivity index (χ4n) is 1.65. The Hall–Kier alpha value is -0.240. The largest absolute Gasteiger partial charge is 0.473 e. The van der Waals surface area contributed by atoms with E-state index in [1.165, 1.54) is 13.8 Å². The van der Waals surface area contributed by atoms with E-state index in [9.17, 15) is 26.5 Å². The van der Waals surface area contributed by atoms with Crippen molar-refractivity contribution in [2.45, 2.75) is 56.9 Å². The first-order valence-electron chi connectivity index (χ1n) is 5.31. The van der Waals surface area contributed by atoms with Gasteiger partial charge >= 0.3 is 19.9 Å². The van der Waals surface area contributed by atoms with Gasteiger partial charge in [0.15, 0.2) is 0 Å². The van der Waals surface area contributed by atoms with E-state index in [-0.39, 0.29) is 0 Å². The average molecular weight is 312 g/mol. The molecule has 0 spiro atoms. The van der Waals surface area contributed by atoms with Gasteiger partial charge in [-0.25, -0.2) is 4.57 Å². The molecule has 114 valence electrons. The molecule has 1 rings (SSSR count). The van der Waals surface area contributed by atoms with Crippen LogP contribution in [-0.4, -0.2) is 28.2 Å². The molecule has 0 aromatic heterocycles. The number of halogens is 5. The Kier molecular flexibility index (Phi) is 3.87. The predicted molar refractivity (Wildman–Crippen MR) is 54.7 cm³/mol. The highest BCUT2D eigenvalue weighted by Crippen LogP contribution is 2.62. The van der Waals surface area contributed by atoms with Crippen LogP contribution in [0.2, 0.25) is 0 Å². The second-order valence-corrected chi connectivity index (χ2v) is 6.40. The summed E-state index contributed by atoms with van der Waals surface area (Å²) in [6.45, 7) is 3.73. The van der Waals surface area contributed by atoms with E-state index in [2.05, 4.69) is 9.05 Å². The van der Waals surface area contributed by atoms with Crippen LogP contribution in [0.25, 0.3) is 0 Å². The van der Waals surface area contributed by atoms with Crippen molar-refractivity contribution in [3.63, 3.8) is 0 Å². The molecule has 1 fully saturated rings. The molecule has 4 nitrogen and oxygen atoms in total. The van der Waals surface area contributed by atoms with Crippen molar-refractivity contribution in [1.82, 2.24) is 0 Å². The third-order valence-electron chi connectivity index (χ3n) is 3.26. The van der Waals surface area contributed by atoms with E-state index in [4.69, 9.17) is 4.89 Å². The molecule has 2 unspecified atom stereocenters. The molecule has 1 aliphatic rings. The van der Waals surface area contributed by atoms with E-state index < -0.39 is 44.0 Å². The van der Waals surface area contributed by atoms with Crippen molar-refractivity contribution in [2.75, 3.05) is 0 Å². The van der Waals surface area contributed by atoms with E-state index in [0.717, 1.165) is 6.92 Å². The van der Waals surface area contributed by atoms with Gasteiger partial charge in [-0.1, -0.05) is 0 Å². The summed E-state index contributed by atoms with van der Waals surface area (Å²) in [5.41, 5.74) is -3.18. The Balaban J connectivity index is 2.86. The van der Waals surface area contributed by atoms with Crippen molar-refractivity contribution in [3.05, 3.63) is 0 Å². The Morgan fingerprint density at radius 2 is 1.58 bits per heavy atom. The minimum absolute atomic E-state index is 0.781. The Morgan fingerprint density at radius 3 is 1.89 bits per heavy atom. The summed E-state index contributed by atoms with van der Waals surface area (Å²) in [7, 11) is -4.44. The third kappa shape index (κ3) is 3.26. The third-order valence-corrected chi connectivity index (χ3v) is 4.59. The summed E-state index contributed by atoms with van der Waals surface area (Å²) in [6, 6.07) is 0. The van der Waals surface area contributed by atoms with Gasteiger partial charge < -0.3 is 4.89 Å². The zero-order chi connectivity index (χ0) is 15.3. The average Bonchev–Trinajstić information content (AvgIpc) is 2.26. The molecule has 2 atom stereocenters. The maximum absolute atomic E-state index is 12.8. The summed E-state index contributed by atoms with van der Waals surface area (Å²) >= 11 is 0. The Morgan fingerprint density at radius 1 is 1.11 bits per heavy atom. The van der Waals surface area contributed by atoms with Gasteiger partial charge in [-0.2, -0.15) is 22.0 Å². The van der Waals surface area contributed by atoms with Crippen LogP contribution < -0.4 is 0 Å². The van der Waals surface area contributed by atoms with Crippen LogP contribution in [-0.2, 0) is 13.6 Å². The van der Waals surface area contributed by atoms with Crippen molar-refractivity contribution >= 4 is 7.82 Å². The van der Waals surface area contributed by atoms with Gasteiger partial charge in [0.25, 0.3) is 0 Å². The molecule has 10 heteroatoms. The summed E-state index contributed by atoms with van der Waals surface area (Å²) in [4.78, 5) is 9.16. The molecule has 0 amide bonds. The first-order valence-corrected chi connectivity index (χ1v) is 6.80. The van der Waals surface area contributed by atoms with Crippen LogP contribution >= 0.6 is 7.82 Å². The van der Waals surface area contributed by atoms with E-state index in [1.54, 1.807) is 0 Å². The number of rotatable bonds is 3. The lowest BCUT2D eigenvalue weighted by atomic mass is 9.83. The highest BCUT2D eigenvalue weighted by atomic mass is 31.2. The maximum atomic E-state index is 12.8. The number of phosphoric ester groups is 1. The van der Waals surface area contributed by atoms with Crippen LogP contribution in [0.3, 0.4) is 0 Å². The van der Waals surface area contributed by atoms with Gasteiger partial charge in [-0.05, 0) is 27.2 Å². The van der Waals surface area contributed by atoms with Gasteiger partial charge in [0.1, 0.15) is 11.2 Å². The molecule has 0 bridgehead atoms. The molecule has 1 heterocycles. The lowest BCUT2D eigenvalue weighted by Gasteiger charge is -2.34. The molecule has 19 heavy (non-hydrogen) atoms. The molecular weight excluding hydrogens is 298 g/mol. The number of hydrogen-bond donors (Lipinski definition) is 1. The van der Waals surface area contributed by atoms with E-state index in [0.29, 0.717) is 0 Å². The molecule has 1 saturated heterocycles. The minimum Gasteiger partial charge on any atom is -0.302 e. The summed E-state index contributed by atoms with van der Waals surface area (Å²) < 4.78 is 82.4. The summed E-state index contributed by atoms with van der Waals surface area (Å²) in [6.07, 6.45) is -8.01. The van der Waals surface area contributed by atoms with Gasteiger partial charge in [0.05, 0.1) is 0 Å². The zero-order valence-corrected chi connectivity index (χ0v) is 11.3. The Bertz CT molecular complexity index is 408. The predicted octanol–water partition coefficient (Wildman–Crippen LogP) is 3.65. The van der Waals surface area contributed by atoms with Crippen LogP contribution in [0.1, 0.15) is 33.6 Å². The van der Waals surface area contributed by atoms with Crippen molar-refractivity contribution < 1.29 is 40.5 Å². The fraction of sp³-hybridized carbons (Fsp3) is 1.00. The first-order chi connectivity index (χ1) is 8.12. The molecule has 0 saturated carbocycles. The lowest BCUT2D eigenvalue weighted by molar-refractivity contribution is -0.287. The summed E-state index contributed by atoms with van der Waals surface area (Å²) in [5, 5.41) is 0. The molecule has 0 aromatic carbocycles. The maximum Gasteiger partial charge on any atom is 0.473 e. The highest BCUT2D eigenvalue weighted by Gasteiger charge is 2.62. The topological polar surface area (TPSA) is 55.8 Å². The van der Waals surface area contributed by atoms with Crippen LogP contribution in [0.4, 0.5) is 22.0 Å². The number of hydrogen-bond acceptors (Lipinski definition) is 3. The number of alkyl halides is 5. The number of phosphoric acid groups is 1. The van der Waals surface area contributed by atoms with Crippen molar-refractivity contribution in [3.8, 4) is 0 Å². The van der Waals surface area contributed by atoms with Gasteiger partial charge in [0.2, 0.25) is 0 Å². The normalized spacial score (nSPS) is 35.6. The molecule has 0 radical (unpaired) electrons. The highest BCUT2D eigenvalue weighted by molar-refractivity contribution is 7.47. The Labute approximate surface area is 106 Å². The van der Waals surface area contributed by atoms with Crippen LogP contribution in [0.5, 0.6) is 0 Å². The molecule has 0 aliphatic carbocycles. The second kappa shape index (κ2) is 4.38. The smallest absolute Gasteiger partial charge is 0.302 e. The van der Waals surface area contributed by atoms with Crippen molar-refractivity contribution in [1.29, 1.82) is 0 Å². The lowest BCUT2D eigenvalue weighted by Crippen LogP contribution is -2.47. The van der Waals surface area contributed by atoms with Gasteiger partial charge in [-0.15, -0.1) is 0 Å². The monoisotopic (exact) mass is 312 g/mol. The fourth-order valence-corrected chi connectivity index (χ4v) is 3.28. The van der Waals surface area contributed by atoms with Gasteiger partial charge in [0, 0.05) is 6.42 Å². The minimum atomic E-state index is -5.67. The first kappa shape index (κ1) is 16.8.